The van der Waals surface area contributed by atoms with E-state index in [1.807, 2.05) is 24.8 Å². The third kappa shape index (κ3) is 1.85. The molecule has 0 saturated carbocycles. The molecule has 0 N–H and O–H groups in total. The first-order valence-electron chi connectivity index (χ1n) is 10.8. The summed E-state index contributed by atoms with van der Waals surface area (Å²) in [6, 6.07) is 20.2. The number of pyridine rings is 2. The summed E-state index contributed by atoms with van der Waals surface area (Å²) in [6.45, 7) is 0. The molecule has 0 atom stereocenters. The lowest BCUT2D eigenvalue weighted by atomic mass is 9.96. The van der Waals surface area contributed by atoms with E-state index < -0.39 is 0 Å². The number of nitrogens with zero attached hydrogens (tertiary/aromatic N) is 3. The minimum absolute atomic E-state index is 0.972. The van der Waals surface area contributed by atoms with Gasteiger partial charge in [0.15, 0.2) is 0 Å². The smallest absolute Gasteiger partial charge is 0.145 e. The Labute approximate surface area is 178 Å². The molecule has 0 saturated heterocycles. The Kier molecular flexibility index (Phi) is 2.74. The number of benzene rings is 3. The Hall–Kier alpha value is -3.98. The average Bonchev–Trinajstić information content (AvgIpc) is 3.53. The maximum atomic E-state index is 4.70. The van der Waals surface area contributed by atoms with Gasteiger partial charge in [0, 0.05) is 40.9 Å². The van der Waals surface area contributed by atoms with Crippen molar-refractivity contribution >= 4 is 27.3 Å². The topological polar surface area (TPSA) is 30.2 Å². The van der Waals surface area contributed by atoms with E-state index in [9.17, 15) is 0 Å². The molecular formula is C28H17N3. The van der Waals surface area contributed by atoms with Crippen LogP contribution in [0.4, 0.5) is 0 Å². The predicted molar refractivity (Wildman–Crippen MR) is 124 cm³/mol. The first kappa shape index (κ1) is 15.8. The molecule has 8 rings (SSSR count). The van der Waals surface area contributed by atoms with E-state index in [0.29, 0.717) is 0 Å². The van der Waals surface area contributed by atoms with Crippen molar-refractivity contribution in [2.24, 2.45) is 0 Å². The summed E-state index contributed by atoms with van der Waals surface area (Å²) in [4.78, 5) is 9.18. The van der Waals surface area contributed by atoms with Gasteiger partial charge in [-0.05, 0) is 69.5 Å². The molecule has 0 fully saturated rings. The van der Waals surface area contributed by atoms with Crippen LogP contribution in [-0.4, -0.2) is 14.4 Å². The second-order valence-corrected chi connectivity index (χ2v) is 8.66. The highest BCUT2D eigenvalue weighted by atomic mass is 15.0. The maximum Gasteiger partial charge on any atom is 0.145 e. The van der Waals surface area contributed by atoms with Gasteiger partial charge in [0.2, 0.25) is 0 Å². The number of imidazole rings is 1. The van der Waals surface area contributed by atoms with E-state index in [-0.39, 0.29) is 0 Å². The van der Waals surface area contributed by atoms with Gasteiger partial charge >= 0.3 is 0 Å². The van der Waals surface area contributed by atoms with E-state index in [4.69, 9.17) is 4.98 Å². The molecule has 144 valence electrons. The fourth-order valence-corrected chi connectivity index (χ4v) is 5.97. The molecule has 31 heavy (non-hydrogen) atoms. The molecule has 0 radical (unpaired) electrons. The molecule has 3 aromatic heterocycles. The van der Waals surface area contributed by atoms with Crippen molar-refractivity contribution in [1.82, 2.24) is 14.4 Å². The lowest BCUT2D eigenvalue weighted by Crippen LogP contribution is -1.95. The fraction of sp³-hybridized carbons (Fsp3) is 0.0714. The zero-order chi connectivity index (χ0) is 20.1. The number of fused-ring (bicyclic) bond motifs is 14. The quantitative estimate of drug-likeness (QED) is 0.287. The van der Waals surface area contributed by atoms with Crippen LogP contribution in [0.15, 0.2) is 79.4 Å². The van der Waals surface area contributed by atoms with Crippen molar-refractivity contribution in [3.63, 3.8) is 0 Å². The SMILES string of the molecule is c1ccc2c(c1)Cc1c-2ccc2c1Cc1c-2ccc2c1c1cnccc1n1ccnc21. The molecule has 6 aromatic rings. The number of hydrogen-bond donors (Lipinski definition) is 0. The lowest BCUT2D eigenvalue weighted by molar-refractivity contribution is 1.17. The highest BCUT2D eigenvalue weighted by molar-refractivity contribution is 6.15. The van der Waals surface area contributed by atoms with E-state index in [1.165, 1.54) is 60.7 Å². The molecule has 3 aromatic carbocycles. The van der Waals surface area contributed by atoms with Gasteiger partial charge in [-0.3, -0.25) is 9.38 Å². The number of rotatable bonds is 0. The molecule has 0 spiro atoms. The van der Waals surface area contributed by atoms with Crippen LogP contribution in [-0.2, 0) is 12.8 Å². The molecule has 3 nitrogen and oxygen atoms in total. The summed E-state index contributed by atoms with van der Waals surface area (Å²) in [5, 5.41) is 3.71. The largest absolute Gasteiger partial charge is 0.299 e. The first-order chi connectivity index (χ1) is 15.4. The van der Waals surface area contributed by atoms with E-state index in [1.54, 1.807) is 0 Å². The van der Waals surface area contributed by atoms with Gasteiger partial charge < -0.3 is 0 Å². The van der Waals surface area contributed by atoms with Gasteiger partial charge in [-0.25, -0.2) is 4.98 Å². The number of hydrogen-bond acceptors (Lipinski definition) is 2. The zero-order valence-electron chi connectivity index (χ0n) is 16.8. The molecule has 0 amide bonds. The van der Waals surface area contributed by atoms with Crippen LogP contribution in [0.25, 0.3) is 49.6 Å². The average molecular weight is 395 g/mol. The van der Waals surface area contributed by atoms with Gasteiger partial charge in [0.05, 0.1) is 5.52 Å². The van der Waals surface area contributed by atoms with Gasteiger partial charge in [0.25, 0.3) is 0 Å². The Morgan fingerprint density at radius 3 is 2.45 bits per heavy atom. The summed E-state index contributed by atoms with van der Waals surface area (Å²) in [5.41, 5.74) is 13.6. The fourth-order valence-electron chi connectivity index (χ4n) is 5.97. The van der Waals surface area contributed by atoms with Gasteiger partial charge in [0.1, 0.15) is 5.65 Å². The molecule has 3 heterocycles. The predicted octanol–water partition coefficient (Wildman–Crippen LogP) is 6.18. The Bertz CT molecular complexity index is 1740. The van der Waals surface area contributed by atoms with Crippen molar-refractivity contribution in [2.45, 2.75) is 12.8 Å². The highest BCUT2D eigenvalue weighted by Gasteiger charge is 2.29. The summed E-state index contributed by atoms with van der Waals surface area (Å²) in [7, 11) is 0. The van der Waals surface area contributed by atoms with Gasteiger partial charge in [-0.1, -0.05) is 42.5 Å². The summed E-state index contributed by atoms with van der Waals surface area (Å²) < 4.78 is 2.18. The van der Waals surface area contributed by atoms with Crippen LogP contribution in [0.3, 0.4) is 0 Å². The van der Waals surface area contributed by atoms with Gasteiger partial charge in [-0.2, -0.15) is 0 Å². The maximum absolute atomic E-state index is 4.70. The molecule has 0 unspecified atom stereocenters. The first-order valence-corrected chi connectivity index (χ1v) is 10.8. The van der Waals surface area contributed by atoms with Crippen LogP contribution < -0.4 is 0 Å². The van der Waals surface area contributed by atoms with Gasteiger partial charge in [-0.15, -0.1) is 0 Å². The normalized spacial score (nSPS) is 13.5. The molecule has 0 aliphatic heterocycles. The Morgan fingerprint density at radius 2 is 1.48 bits per heavy atom. The third-order valence-electron chi connectivity index (χ3n) is 7.27. The minimum Gasteiger partial charge on any atom is -0.299 e. The third-order valence-corrected chi connectivity index (χ3v) is 7.27. The van der Waals surface area contributed by atoms with Crippen molar-refractivity contribution in [1.29, 1.82) is 0 Å². The van der Waals surface area contributed by atoms with E-state index in [0.717, 1.165) is 24.0 Å². The van der Waals surface area contributed by atoms with Crippen molar-refractivity contribution in [2.75, 3.05) is 0 Å². The second-order valence-electron chi connectivity index (χ2n) is 8.66. The van der Waals surface area contributed by atoms with Crippen LogP contribution >= 0.6 is 0 Å². The van der Waals surface area contributed by atoms with E-state index >= 15 is 0 Å². The van der Waals surface area contributed by atoms with E-state index in [2.05, 4.69) is 64.0 Å². The van der Waals surface area contributed by atoms with Crippen LogP contribution in [0.2, 0.25) is 0 Å². The molecule has 0 bridgehead atoms. The molecular weight excluding hydrogens is 378 g/mol. The molecule has 2 aliphatic rings. The van der Waals surface area contributed by atoms with Crippen LogP contribution in [0, 0.1) is 0 Å². The van der Waals surface area contributed by atoms with Crippen molar-refractivity contribution in [3.05, 3.63) is 102 Å². The Morgan fingerprint density at radius 1 is 0.677 bits per heavy atom. The van der Waals surface area contributed by atoms with Crippen LogP contribution in [0.5, 0.6) is 0 Å². The summed E-state index contributed by atoms with van der Waals surface area (Å²) in [6.07, 6.45) is 9.83. The monoisotopic (exact) mass is 395 g/mol. The summed E-state index contributed by atoms with van der Waals surface area (Å²) in [5.74, 6) is 0. The van der Waals surface area contributed by atoms with Crippen LogP contribution in [0.1, 0.15) is 22.3 Å². The van der Waals surface area contributed by atoms with Crippen molar-refractivity contribution in [3.8, 4) is 22.3 Å². The molecule has 3 heteroatoms. The standard InChI is InChI=1S/C28H17N3/c1-2-4-17-16(3-1)13-22-18(17)5-6-19-20-7-8-21-27(24(20)14-23(19)22)25-15-29-10-9-26(25)31-12-11-30-28(21)31/h1-12,15H,13-14H2. The lowest BCUT2D eigenvalue weighted by Gasteiger charge is -2.12. The molecule has 2 aliphatic carbocycles. The number of aromatic nitrogens is 3. The summed E-state index contributed by atoms with van der Waals surface area (Å²) >= 11 is 0. The zero-order valence-corrected chi connectivity index (χ0v) is 16.8. The Balaban J connectivity index is 1.47. The van der Waals surface area contributed by atoms with Crippen molar-refractivity contribution < 1.29 is 0 Å². The highest BCUT2D eigenvalue weighted by Crippen LogP contribution is 2.49. The minimum atomic E-state index is 0.972. The second kappa shape index (κ2) is 5.38.